The molecule has 0 saturated heterocycles. The molecule has 0 radical (unpaired) electrons. The van der Waals surface area contributed by atoms with Crippen molar-refractivity contribution in [2.75, 3.05) is 18.5 Å². The van der Waals surface area contributed by atoms with Gasteiger partial charge in [0.25, 0.3) is 0 Å². The Morgan fingerprint density at radius 1 is 1.69 bits per heavy atom. The molecule has 1 amide bonds. The molecule has 0 bridgehead atoms. The molecule has 0 fully saturated rings. The molecule has 7 heteroatoms. The van der Waals surface area contributed by atoms with E-state index in [0.29, 0.717) is 5.75 Å². The molecule has 0 unspecified atom stereocenters. The van der Waals surface area contributed by atoms with E-state index in [1.807, 2.05) is 0 Å². The standard InChI is InChI=1S/C9H13N3O4/c1-6(14)11-9-2-8(3-10-12-9)16-5-7(15)4-13/h2-3,7,13,15H,4-5H2,1H3,(H,11,12,14)/t7-/m1/s1. The van der Waals surface area contributed by atoms with E-state index in [9.17, 15) is 4.79 Å². The molecular weight excluding hydrogens is 214 g/mol. The van der Waals surface area contributed by atoms with Gasteiger partial charge in [0.1, 0.15) is 18.5 Å². The summed E-state index contributed by atoms with van der Waals surface area (Å²) in [6.45, 7) is 0.920. The van der Waals surface area contributed by atoms with E-state index in [1.165, 1.54) is 19.2 Å². The summed E-state index contributed by atoms with van der Waals surface area (Å²) in [7, 11) is 0. The fraction of sp³-hybridized carbons (Fsp3) is 0.444. The topological polar surface area (TPSA) is 105 Å². The van der Waals surface area contributed by atoms with E-state index in [2.05, 4.69) is 15.5 Å². The first-order valence-electron chi connectivity index (χ1n) is 4.64. The van der Waals surface area contributed by atoms with Gasteiger partial charge in [-0.2, -0.15) is 5.10 Å². The van der Waals surface area contributed by atoms with Crippen LogP contribution in [0.1, 0.15) is 6.92 Å². The molecule has 0 saturated carbocycles. The lowest BCUT2D eigenvalue weighted by molar-refractivity contribution is -0.114. The van der Waals surface area contributed by atoms with E-state index >= 15 is 0 Å². The van der Waals surface area contributed by atoms with E-state index in [0.717, 1.165) is 0 Å². The molecule has 1 rings (SSSR count). The largest absolute Gasteiger partial charge is 0.489 e. The van der Waals surface area contributed by atoms with Crippen LogP contribution in [0.4, 0.5) is 5.82 Å². The Morgan fingerprint density at radius 2 is 2.44 bits per heavy atom. The number of rotatable bonds is 5. The summed E-state index contributed by atoms with van der Waals surface area (Å²) in [6.07, 6.45) is 0.396. The van der Waals surface area contributed by atoms with Crippen molar-refractivity contribution in [3.63, 3.8) is 0 Å². The maximum atomic E-state index is 10.7. The van der Waals surface area contributed by atoms with Crippen molar-refractivity contribution in [2.45, 2.75) is 13.0 Å². The Labute approximate surface area is 92.1 Å². The first-order valence-corrected chi connectivity index (χ1v) is 4.64. The molecule has 3 N–H and O–H groups in total. The van der Waals surface area contributed by atoms with E-state index in [-0.39, 0.29) is 24.9 Å². The van der Waals surface area contributed by atoms with E-state index in [4.69, 9.17) is 14.9 Å². The number of nitrogens with one attached hydrogen (secondary N) is 1. The molecule has 16 heavy (non-hydrogen) atoms. The predicted molar refractivity (Wildman–Crippen MR) is 54.9 cm³/mol. The van der Waals surface area contributed by atoms with Crippen LogP contribution in [0.5, 0.6) is 5.75 Å². The van der Waals surface area contributed by atoms with Gasteiger partial charge in [0.15, 0.2) is 5.82 Å². The molecular formula is C9H13N3O4. The van der Waals surface area contributed by atoms with Crippen LogP contribution < -0.4 is 10.1 Å². The summed E-state index contributed by atoms with van der Waals surface area (Å²) in [5, 5.41) is 27.3. The number of hydrogen-bond donors (Lipinski definition) is 3. The molecule has 88 valence electrons. The van der Waals surface area contributed by atoms with E-state index < -0.39 is 6.10 Å². The minimum atomic E-state index is -0.947. The molecule has 0 spiro atoms. The van der Waals surface area contributed by atoms with Crippen molar-refractivity contribution < 1.29 is 19.7 Å². The van der Waals surface area contributed by atoms with Crippen LogP contribution in [0.2, 0.25) is 0 Å². The van der Waals surface area contributed by atoms with Crippen molar-refractivity contribution >= 4 is 11.7 Å². The fourth-order valence-electron chi connectivity index (χ4n) is 0.914. The van der Waals surface area contributed by atoms with Crippen molar-refractivity contribution in [1.29, 1.82) is 0 Å². The Hall–Kier alpha value is -1.73. The first kappa shape index (κ1) is 12.3. The normalized spacial score (nSPS) is 11.9. The summed E-state index contributed by atoms with van der Waals surface area (Å²) in [6, 6.07) is 1.47. The first-order chi connectivity index (χ1) is 7.61. The summed E-state index contributed by atoms with van der Waals surface area (Å²) < 4.78 is 5.12. The highest BCUT2D eigenvalue weighted by Gasteiger charge is 2.05. The number of ether oxygens (including phenoxy) is 1. The van der Waals surface area contributed by atoms with Crippen molar-refractivity contribution in [2.24, 2.45) is 0 Å². The third-order valence-electron chi connectivity index (χ3n) is 1.59. The summed E-state index contributed by atoms with van der Waals surface area (Å²) >= 11 is 0. The van der Waals surface area contributed by atoms with E-state index in [1.54, 1.807) is 0 Å². The highest BCUT2D eigenvalue weighted by molar-refractivity contribution is 5.87. The fourth-order valence-corrected chi connectivity index (χ4v) is 0.914. The molecule has 0 aliphatic rings. The molecule has 1 atom stereocenters. The number of carbonyl (C=O) groups excluding carboxylic acids is 1. The van der Waals surface area contributed by atoms with Crippen LogP contribution in [0.3, 0.4) is 0 Å². The van der Waals surface area contributed by atoms with Crippen LogP contribution in [-0.2, 0) is 4.79 Å². The van der Waals surface area contributed by atoms with Crippen molar-refractivity contribution in [1.82, 2.24) is 10.2 Å². The van der Waals surface area contributed by atoms with Crippen LogP contribution in [-0.4, -0.2) is 45.6 Å². The Kier molecular flexibility index (Phi) is 4.62. The van der Waals surface area contributed by atoms with Gasteiger partial charge >= 0.3 is 0 Å². The van der Waals surface area contributed by atoms with Gasteiger partial charge in [0.05, 0.1) is 12.8 Å². The van der Waals surface area contributed by atoms with Gasteiger partial charge in [0, 0.05) is 13.0 Å². The number of aromatic nitrogens is 2. The minimum Gasteiger partial charge on any atom is -0.489 e. The van der Waals surface area contributed by atoms with Crippen molar-refractivity contribution in [3.05, 3.63) is 12.3 Å². The lowest BCUT2D eigenvalue weighted by Crippen LogP contribution is -2.21. The number of amides is 1. The second kappa shape index (κ2) is 5.99. The zero-order chi connectivity index (χ0) is 12.0. The minimum absolute atomic E-state index is 0.0539. The number of carbonyl (C=O) groups is 1. The monoisotopic (exact) mass is 227 g/mol. The smallest absolute Gasteiger partial charge is 0.222 e. The quantitative estimate of drug-likeness (QED) is 0.606. The highest BCUT2D eigenvalue weighted by atomic mass is 16.5. The molecule has 1 aromatic heterocycles. The lowest BCUT2D eigenvalue weighted by atomic mass is 10.4. The molecule has 0 aliphatic carbocycles. The van der Waals surface area contributed by atoms with Crippen LogP contribution in [0.15, 0.2) is 12.3 Å². The van der Waals surface area contributed by atoms with Gasteiger partial charge in [-0.05, 0) is 0 Å². The summed E-state index contributed by atoms with van der Waals surface area (Å²) in [4.78, 5) is 10.7. The number of hydrogen-bond acceptors (Lipinski definition) is 6. The molecule has 0 aromatic carbocycles. The summed E-state index contributed by atoms with van der Waals surface area (Å²) in [5.74, 6) is 0.358. The van der Waals surface area contributed by atoms with Gasteiger partial charge in [0.2, 0.25) is 5.91 Å². The third-order valence-corrected chi connectivity index (χ3v) is 1.59. The number of aliphatic hydroxyl groups excluding tert-OH is 2. The van der Waals surface area contributed by atoms with Crippen molar-refractivity contribution in [3.8, 4) is 5.75 Å². The lowest BCUT2D eigenvalue weighted by Gasteiger charge is -2.09. The zero-order valence-electron chi connectivity index (χ0n) is 8.75. The highest BCUT2D eigenvalue weighted by Crippen LogP contribution is 2.12. The van der Waals surface area contributed by atoms with Gasteiger partial charge in [-0.3, -0.25) is 4.79 Å². The van der Waals surface area contributed by atoms with Crippen LogP contribution in [0.25, 0.3) is 0 Å². The zero-order valence-corrected chi connectivity index (χ0v) is 8.75. The van der Waals surface area contributed by atoms with Crippen LogP contribution >= 0.6 is 0 Å². The van der Waals surface area contributed by atoms with Gasteiger partial charge in [-0.1, -0.05) is 0 Å². The summed E-state index contributed by atoms with van der Waals surface area (Å²) in [5.41, 5.74) is 0. The molecule has 1 heterocycles. The molecule has 7 nitrogen and oxygen atoms in total. The maximum absolute atomic E-state index is 10.7. The number of aliphatic hydroxyl groups is 2. The Bertz CT molecular complexity index is 358. The Morgan fingerprint density at radius 3 is 3.06 bits per heavy atom. The second-order valence-electron chi connectivity index (χ2n) is 3.11. The third kappa shape index (κ3) is 4.20. The number of nitrogens with zero attached hydrogens (tertiary/aromatic N) is 2. The maximum Gasteiger partial charge on any atom is 0.222 e. The van der Waals surface area contributed by atoms with Gasteiger partial charge < -0.3 is 20.3 Å². The molecule has 1 aromatic rings. The number of anilines is 1. The van der Waals surface area contributed by atoms with Gasteiger partial charge in [-0.25, -0.2) is 0 Å². The second-order valence-corrected chi connectivity index (χ2v) is 3.11. The SMILES string of the molecule is CC(=O)Nc1cc(OC[C@H](O)CO)cnn1. The Balaban J connectivity index is 2.56. The van der Waals surface area contributed by atoms with Gasteiger partial charge in [-0.15, -0.1) is 5.10 Å². The average Bonchev–Trinajstić information content (AvgIpc) is 2.25. The average molecular weight is 227 g/mol. The van der Waals surface area contributed by atoms with Crippen LogP contribution in [0, 0.1) is 0 Å². The molecule has 0 aliphatic heterocycles. The predicted octanol–water partition coefficient (Wildman–Crippen LogP) is -0.833.